The quantitative estimate of drug-likeness (QED) is 0.382. The lowest BCUT2D eigenvalue weighted by molar-refractivity contribution is 0.0204. The van der Waals surface area contributed by atoms with Crippen LogP contribution in [-0.4, -0.2) is 62.0 Å². The molecule has 1 fully saturated rings. The highest BCUT2D eigenvalue weighted by atomic mass is 19.1. The molecule has 0 saturated carbocycles. The van der Waals surface area contributed by atoms with Crippen LogP contribution in [0.3, 0.4) is 0 Å². The minimum atomic E-state index is -0.680. The summed E-state index contributed by atoms with van der Waals surface area (Å²) < 4.78 is 32.2. The molecule has 2 heterocycles. The number of hydrogen-bond donors (Lipinski definition) is 3. The summed E-state index contributed by atoms with van der Waals surface area (Å²) in [6.07, 6.45) is 4.28. The van der Waals surface area contributed by atoms with Crippen molar-refractivity contribution in [3.63, 3.8) is 0 Å². The number of ether oxygens (including phenoxy) is 3. The Hall–Kier alpha value is -3.92. The number of amides is 2. The highest BCUT2D eigenvalue weighted by Gasteiger charge is 2.38. The standard InChI is InChI=1S/C26H29FN4O5/c1-26(15-34-3)14-19-21(11-16(12-22(19)36-26)24(32)30-23(28)7-8-29-2)35-17-5-6-18(20(27)13-17)25(33)31-9-4-10-31/h5-8,11-13,29H,4,9-10,14-15H2,1-3H3,(H2,28,30,32)/b8-7-. The van der Waals surface area contributed by atoms with Crippen LogP contribution in [0, 0.1) is 11.2 Å². The number of benzene rings is 2. The molecule has 1 unspecified atom stereocenters. The van der Waals surface area contributed by atoms with Gasteiger partial charge in [-0.3, -0.25) is 15.0 Å². The number of hydrogen-bond acceptors (Lipinski definition) is 7. The molecule has 10 heteroatoms. The Morgan fingerprint density at radius 1 is 1.28 bits per heavy atom. The maximum absolute atomic E-state index is 14.8. The molecular formula is C26H29FN4O5. The van der Waals surface area contributed by atoms with Crippen molar-refractivity contribution in [2.75, 3.05) is 33.9 Å². The van der Waals surface area contributed by atoms with Crippen molar-refractivity contribution in [2.24, 2.45) is 0 Å². The number of halogens is 1. The number of carbonyl (C=O) groups excluding carboxylic acids is 2. The van der Waals surface area contributed by atoms with Crippen LogP contribution in [0.2, 0.25) is 0 Å². The van der Waals surface area contributed by atoms with Gasteiger partial charge in [-0.05, 0) is 49.9 Å². The van der Waals surface area contributed by atoms with Crippen LogP contribution < -0.4 is 20.1 Å². The molecule has 2 aromatic carbocycles. The van der Waals surface area contributed by atoms with Gasteiger partial charge >= 0.3 is 0 Å². The first-order chi connectivity index (χ1) is 17.2. The molecule has 2 aliphatic heterocycles. The van der Waals surface area contributed by atoms with Gasteiger partial charge in [-0.2, -0.15) is 0 Å². The smallest absolute Gasteiger partial charge is 0.257 e. The largest absolute Gasteiger partial charge is 0.484 e. The molecule has 1 atom stereocenters. The van der Waals surface area contributed by atoms with Crippen LogP contribution in [0.1, 0.15) is 39.6 Å². The minimum absolute atomic E-state index is 0.00968. The van der Waals surface area contributed by atoms with Gasteiger partial charge in [0.25, 0.3) is 11.8 Å². The van der Waals surface area contributed by atoms with E-state index in [0.717, 1.165) is 12.5 Å². The van der Waals surface area contributed by atoms with Crippen LogP contribution in [0.15, 0.2) is 42.6 Å². The molecule has 2 aromatic rings. The molecule has 0 bridgehead atoms. The minimum Gasteiger partial charge on any atom is -0.484 e. The maximum atomic E-state index is 14.8. The van der Waals surface area contributed by atoms with Crippen LogP contribution in [0.4, 0.5) is 4.39 Å². The second-order valence-corrected chi connectivity index (χ2v) is 8.99. The predicted octanol–water partition coefficient (Wildman–Crippen LogP) is 3.24. The van der Waals surface area contributed by atoms with Crippen molar-refractivity contribution in [3.05, 3.63) is 65.1 Å². The number of rotatable bonds is 8. The molecule has 190 valence electrons. The summed E-state index contributed by atoms with van der Waals surface area (Å²) in [5, 5.41) is 13.1. The summed E-state index contributed by atoms with van der Waals surface area (Å²) in [5.74, 6) is -0.720. The highest BCUT2D eigenvalue weighted by Crippen LogP contribution is 2.43. The normalized spacial score (nSPS) is 18.3. The van der Waals surface area contributed by atoms with E-state index in [0.29, 0.717) is 43.2 Å². The fourth-order valence-electron chi connectivity index (χ4n) is 4.12. The average molecular weight is 497 g/mol. The Kier molecular flexibility index (Phi) is 7.25. The van der Waals surface area contributed by atoms with Crippen molar-refractivity contribution >= 4 is 17.6 Å². The van der Waals surface area contributed by atoms with Gasteiger partial charge in [0.2, 0.25) is 0 Å². The number of nitrogens with zero attached hydrogens (tertiary/aromatic N) is 1. The molecule has 9 nitrogen and oxygen atoms in total. The Morgan fingerprint density at radius 2 is 2.06 bits per heavy atom. The van der Waals surface area contributed by atoms with E-state index in [-0.39, 0.29) is 28.6 Å². The molecule has 2 amide bonds. The van der Waals surface area contributed by atoms with Crippen LogP contribution >= 0.6 is 0 Å². The van der Waals surface area contributed by atoms with Crippen molar-refractivity contribution in [1.82, 2.24) is 15.5 Å². The van der Waals surface area contributed by atoms with E-state index < -0.39 is 17.3 Å². The summed E-state index contributed by atoms with van der Waals surface area (Å²) in [5.41, 5.74) is 0.227. The third kappa shape index (κ3) is 5.33. The van der Waals surface area contributed by atoms with Crippen LogP contribution in [0.25, 0.3) is 0 Å². The van der Waals surface area contributed by atoms with E-state index in [1.165, 1.54) is 30.5 Å². The zero-order chi connectivity index (χ0) is 25.9. The lowest BCUT2D eigenvalue weighted by Gasteiger charge is -2.31. The third-order valence-electron chi connectivity index (χ3n) is 5.99. The molecule has 0 aliphatic carbocycles. The van der Waals surface area contributed by atoms with Crippen molar-refractivity contribution < 1.29 is 28.2 Å². The number of methoxy groups -OCH3 is 1. The Bertz CT molecular complexity index is 1230. The molecule has 0 radical (unpaired) electrons. The van der Waals surface area contributed by atoms with E-state index in [9.17, 15) is 14.0 Å². The molecule has 3 N–H and O–H groups in total. The molecule has 1 saturated heterocycles. The summed E-state index contributed by atoms with van der Waals surface area (Å²) in [4.78, 5) is 26.8. The monoisotopic (exact) mass is 496 g/mol. The molecule has 2 aliphatic rings. The molecular weight excluding hydrogens is 467 g/mol. The second kappa shape index (κ2) is 10.4. The fourth-order valence-corrected chi connectivity index (χ4v) is 4.12. The topological polar surface area (TPSA) is 113 Å². The summed E-state index contributed by atoms with van der Waals surface area (Å²) in [7, 11) is 3.25. The lowest BCUT2D eigenvalue weighted by atomic mass is 9.98. The Labute approximate surface area is 208 Å². The van der Waals surface area contributed by atoms with Crippen molar-refractivity contribution in [3.8, 4) is 17.2 Å². The van der Waals surface area contributed by atoms with E-state index in [1.807, 2.05) is 6.92 Å². The van der Waals surface area contributed by atoms with Gasteiger partial charge in [0.1, 0.15) is 34.5 Å². The number of likely N-dealkylation sites (tertiary alicyclic amines) is 1. The zero-order valence-corrected chi connectivity index (χ0v) is 20.4. The molecule has 4 rings (SSSR count). The summed E-state index contributed by atoms with van der Waals surface area (Å²) >= 11 is 0. The summed E-state index contributed by atoms with van der Waals surface area (Å²) in [6, 6.07) is 7.21. The SMILES string of the molecule is CN/C=C\C(=N)NC(=O)c1cc(Oc2ccc(C(=O)N3CCC3)c(F)c2)c2c(c1)OC(C)(COC)C2. The van der Waals surface area contributed by atoms with Gasteiger partial charge in [0.15, 0.2) is 0 Å². The van der Waals surface area contributed by atoms with Crippen LogP contribution in [0.5, 0.6) is 17.2 Å². The number of amidine groups is 1. The third-order valence-corrected chi connectivity index (χ3v) is 5.99. The lowest BCUT2D eigenvalue weighted by Crippen LogP contribution is -2.42. The van der Waals surface area contributed by atoms with Gasteiger partial charge in [-0.25, -0.2) is 4.39 Å². The maximum Gasteiger partial charge on any atom is 0.257 e. The summed E-state index contributed by atoms with van der Waals surface area (Å²) in [6.45, 7) is 3.44. The molecule has 0 aromatic heterocycles. The van der Waals surface area contributed by atoms with E-state index in [2.05, 4.69) is 10.6 Å². The van der Waals surface area contributed by atoms with E-state index in [4.69, 9.17) is 19.6 Å². The zero-order valence-electron chi connectivity index (χ0n) is 20.4. The van der Waals surface area contributed by atoms with Gasteiger partial charge in [-0.1, -0.05) is 0 Å². The first-order valence-corrected chi connectivity index (χ1v) is 11.6. The van der Waals surface area contributed by atoms with Gasteiger partial charge < -0.3 is 29.7 Å². The number of carbonyl (C=O) groups is 2. The fraction of sp³-hybridized carbons (Fsp3) is 0.346. The van der Waals surface area contributed by atoms with Gasteiger partial charge in [-0.15, -0.1) is 0 Å². The van der Waals surface area contributed by atoms with Crippen molar-refractivity contribution in [1.29, 1.82) is 5.41 Å². The number of fused-ring (bicyclic) bond motifs is 1. The number of nitrogens with one attached hydrogen (secondary N) is 3. The van der Waals surface area contributed by atoms with Gasteiger partial charge in [0.05, 0.1) is 12.2 Å². The molecule has 0 spiro atoms. The predicted molar refractivity (Wildman–Crippen MR) is 131 cm³/mol. The van der Waals surface area contributed by atoms with Crippen LogP contribution in [-0.2, 0) is 11.2 Å². The van der Waals surface area contributed by atoms with Crippen molar-refractivity contribution in [2.45, 2.75) is 25.4 Å². The molecule has 36 heavy (non-hydrogen) atoms. The first kappa shape index (κ1) is 25.2. The highest BCUT2D eigenvalue weighted by molar-refractivity contribution is 6.09. The Balaban J connectivity index is 1.63. The van der Waals surface area contributed by atoms with Gasteiger partial charge in [0, 0.05) is 50.9 Å². The average Bonchev–Trinajstić information content (AvgIpc) is 3.13. The van der Waals surface area contributed by atoms with E-state index in [1.54, 1.807) is 25.1 Å². The second-order valence-electron chi connectivity index (χ2n) is 8.99. The Morgan fingerprint density at radius 3 is 2.69 bits per heavy atom. The first-order valence-electron chi connectivity index (χ1n) is 11.6. The van der Waals surface area contributed by atoms with E-state index >= 15 is 0 Å².